The Labute approximate surface area is 113 Å². The number of rotatable bonds is 4. The van der Waals surface area contributed by atoms with Crippen LogP contribution in [-0.2, 0) is 11.8 Å². The van der Waals surface area contributed by atoms with Gasteiger partial charge in [-0.25, -0.2) is 4.68 Å². The molecule has 0 spiro atoms. The molecule has 0 bridgehead atoms. The largest absolute Gasteiger partial charge is 0.385 e. The Morgan fingerprint density at radius 1 is 1.53 bits per heavy atom. The van der Waals surface area contributed by atoms with Gasteiger partial charge in [0.05, 0.1) is 6.20 Å². The van der Waals surface area contributed by atoms with Gasteiger partial charge in [0.1, 0.15) is 5.69 Å². The molecule has 2 heterocycles. The molecule has 0 unspecified atom stereocenters. The maximum Gasteiger partial charge on any atom is 0.273 e. The maximum absolute atomic E-state index is 12.4. The zero-order chi connectivity index (χ0) is 13.7. The number of methoxy groups -OCH3 is 1. The summed E-state index contributed by atoms with van der Waals surface area (Å²) in [7, 11) is 3.47. The number of likely N-dealkylation sites (tertiary alicyclic amines) is 1. The lowest BCUT2D eigenvalue weighted by molar-refractivity contribution is 0.0717. The summed E-state index contributed by atoms with van der Waals surface area (Å²) < 4.78 is 6.68. The van der Waals surface area contributed by atoms with E-state index in [9.17, 15) is 4.79 Å². The third-order valence-corrected chi connectivity index (χ3v) is 3.72. The Balaban J connectivity index is 2.01. The van der Waals surface area contributed by atoms with Crippen LogP contribution in [0.3, 0.4) is 0 Å². The minimum Gasteiger partial charge on any atom is -0.385 e. The predicted octanol–water partition coefficient (Wildman–Crippen LogP) is 1.09. The highest BCUT2D eigenvalue weighted by atomic mass is 16.5. The number of aryl methyl sites for hydroxylation is 1. The molecule has 0 N–H and O–H groups in total. The molecule has 6 nitrogen and oxygen atoms in total. The van der Waals surface area contributed by atoms with Gasteiger partial charge in [-0.1, -0.05) is 11.6 Å². The summed E-state index contributed by atoms with van der Waals surface area (Å²) in [6.07, 6.45) is 5.99. The van der Waals surface area contributed by atoms with Crippen molar-refractivity contribution in [3.05, 3.63) is 11.9 Å². The normalized spacial score (nSPS) is 20.3. The van der Waals surface area contributed by atoms with Gasteiger partial charge in [-0.3, -0.25) is 4.79 Å². The Bertz CT molecular complexity index is 419. The Hall–Kier alpha value is -1.43. The molecule has 1 amide bonds. The zero-order valence-corrected chi connectivity index (χ0v) is 11.7. The van der Waals surface area contributed by atoms with Gasteiger partial charge in [0.15, 0.2) is 0 Å². The van der Waals surface area contributed by atoms with Crippen LogP contribution in [0, 0.1) is 5.92 Å². The minimum absolute atomic E-state index is 0.0387. The summed E-state index contributed by atoms with van der Waals surface area (Å²) in [5, 5.41) is 7.60. The van der Waals surface area contributed by atoms with Crippen molar-refractivity contribution in [3.8, 4) is 0 Å². The van der Waals surface area contributed by atoms with Gasteiger partial charge in [0, 0.05) is 33.9 Å². The molecular formula is C13H22N4O2. The van der Waals surface area contributed by atoms with Gasteiger partial charge >= 0.3 is 0 Å². The highest BCUT2D eigenvalue weighted by Gasteiger charge is 2.24. The molecule has 0 aromatic carbocycles. The lowest BCUT2D eigenvalue weighted by Gasteiger charge is -2.24. The predicted molar refractivity (Wildman–Crippen MR) is 70.7 cm³/mol. The first-order valence-electron chi connectivity index (χ1n) is 6.85. The van der Waals surface area contributed by atoms with Crippen LogP contribution < -0.4 is 0 Å². The van der Waals surface area contributed by atoms with Crippen molar-refractivity contribution < 1.29 is 9.53 Å². The molecule has 1 aromatic rings. The van der Waals surface area contributed by atoms with Gasteiger partial charge in [-0.2, -0.15) is 0 Å². The average molecular weight is 266 g/mol. The Kier molecular flexibility index (Phi) is 4.90. The van der Waals surface area contributed by atoms with E-state index in [4.69, 9.17) is 4.74 Å². The Morgan fingerprint density at radius 3 is 3.05 bits per heavy atom. The van der Waals surface area contributed by atoms with Crippen molar-refractivity contribution in [2.75, 3.05) is 26.8 Å². The van der Waals surface area contributed by atoms with Crippen LogP contribution in [0.2, 0.25) is 0 Å². The second kappa shape index (κ2) is 6.65. The number of aromatic nitrogens is 3. The summed E-state index contributed by atoms with van der Waals surface area (Å²) in [5.41, 5.74) is 0.562. The van der Waals surface area contributed by atoms with E-state index in [1.807, 2.05) is 4.90 Å². The lowest BCUT2D eigenvalue weighted by atomic mass is 10.00. The van der Waals surface area contributed by atoms with E-state index in [2.05, 4.69) is 10.3 Å². The van der Waals surface area contributed by atoms with Crippen LogP contribution in [-0.4, -0.2) is 52.6 Å². The van der Waals surface area contributed by atoms with E-state index < -0.39 is 0 Å². The molecule has 1 aliphatic heterocycles. The summed E-state index contributed by atoms with van der Waals surface area (Å²) >= 11 is 0. The second-order valence-corrected chi connectivity index (χ2v) is 5.14. The highest BCUT2D eigenvalue weighted by Crippen LogP contribution is 2.20. The molecular weight excluding hydrogens is 244 g/mol. The molecule has 0 radical (unpaired) electrons. The van der Waals surface area contributed by atoms with Crippen molar-refractivity contribution in [2.45, 2.75) is 25.7 Å². The smallest absolute Gasteiger partial charge is 0.273 e. The fraction of sp³-hybridized carbons (Fsp3) is 0.769. The standard InChI is InChI=1S/C13H22N4O2/c1-16-12(9-14-15-16)13(18)17-7-4-3-5-11(10-17)6-8-19-2/h9,11H,3-8,10H2,1-2H3/t11-/m0/s1. The molecule has 1 fully saturated rings. The van der Waals surface area contributed by atoms with Crippen LogP contribution >= 0.6 is 0 Å². The third-order valence-electron chi connectivity index (χ3n) is 3.72. The fourth-order valence-electron chi connectivity index (χ4n) is 2.58. The first-order chi connectivity index (χ1) is 9.22. The van der Waals surface area contributed by atoms with Gasteiger partial charge in [-0.15, -0.1) is 5.10 Å². The van der Waals surface area contributed by atoms with Gasteiger partial charge in [-0.05, 0) is 25.2 Å². The van der Waals surface area contributed by atoms with E-state index in [0.717, 1.165) is 32.5 Å². The van der Waals surface area contributed by atoms with Crippen molar-refractivity contribution in [3.63, 3.8) is 0 Å². The van der Waals surface area contributed by atoms with Crippen molar-refractivity contribution >= 4 is 5.91 Å². The molecule has 106 valence electrons. The van der Waals surface area contributed by atoms with E-state index in [1.165, 1.54) is 23.7 Å². The summed E-state index contributed by atoms with van der Waals surface area (Å²) in [6, 6.07) is 0. The van der Waals surface area contributed by atoms with Gasteiger partial charge < -0.3 is 9.64 Å². The topological polar surface area (TPSA) is 60.2 Å². The fourth-order valence-corrected chi connectivity index (χ4v) is 2.58. The van der Waals surface area contributed by atoms with Crippen LogP contribution in [0.1, 0.15) is 36.2 Å². The quantitative estimate of drug-likeness (QED) is 0.818. The van der Waals surface area contributed by atoms with E-state index in [-0.39, 0.29) is 5.91 Å². The molecule has 2 rings (SSSR count). The summed E-state index contributed by atoms with van der Waals surface area (Å²) in [6.45, 7) is 2.40. The first-order valence-corrected chi connectivity index (χ1v) is 6.85. The van der Waals surface area contributed by atoms with Gasteiger partial charge in [0.2, 0.25) is 0 Å². The number of ether oxygens (including phenoxy) is 1. The second-order valence-electron chi connectivity index (χ2n) is 5.14. The lowest BCUT2D eigenvalue weighted by Crippen LogP contribution is -2.36. The Morgan fingerprint density at radius 2 is 2.37 bits per heavy atom. The number of amides is 1. The SMILES string of the molecule is COCC[C@@H]1CCCCN(C(=O)c2cnnn2C)C1. The zero-order valence-electron chi connectivity index (χ0n) is 11.7. The molecule has 1 saturated heterocycles. The number of carbonyl (C=O) groups is 1. The molecule has 0 aliphatic carbocycles. The van der Waals surface area contributed by atoms with E-state index in [1.54, 1.807) is 14.2 Å². The number of carbonyl (C=O) groups excluding carboxylic acids is 1. The minimum atomic E-state index is 0.0387. The number of nitrogens with zero attached hydrogens (tertiary/aromatic N) is 4. The summed E-state index contributed by atoms with van der Waals surface area (Å²) in [4.78, 5) is 14.4. The van der Waals surface area contributed by atoms with Crippen molar-refractivity contribution in [2.24, 2.45) is 13.0 Å². The number of hydrogen-bond acceptors (Lipinski definition) is 4. The molecule has 1 aromatic heterocycles. The average Bonchev–Trinajstić information content (AvgIpc) is 2.70. The molecule has 0 saturated carbocycles. The highest BCUT2D eigenvalue weighted by molar-refractivity contribution is 5.92. The molecule has 1 atom stereocenters. The van der Waals surface area contributed by atoms with Crippen molar-refractivity contribution in [1.29, 1.82) is 0 Å². The molecule has 19 heavy (non-hydrogen) atoms. The van der Waals surface area contributed by atoms with Crippen molar-refractivity contribution in [1.82, 2.24) is 19.9 Å². The molecule has 1 aliphatic rings. The first kappa shape index (κ1) is 14.0. The van der Waals surface area contributed by atoms with E-state index >= 15 is 0 Å². The van der Waals surface area contributed by atoms with Crippen LogP contribution in [0.15, 0.2) is 6.20 Å². The van der Waals surface area contributed by atoms with Crippen LogP contribution in [0.5, 0.6) is 0 Å². The third kappa shape index (κ3) is 3.53. The van der Waals surface area contributed by atoms with Crippen LogP contribution in [0.4, 0.5) is 0 Å². The van der Waals surface area contributed by atoms with Gasteiger partial charge in [0.25, 0.3) is 5.91 Å². The van der Waals surface area contributed by atoms with E-state index in [0.29, 0.717) is 11.6 Å². The van der Waals surface area contributed by atoms with Crippen LogP contribution in [0.25, 0.3) is 0 Å². The number of hydrogen-bond donors (Lipinski definition) is 0. The monoisotopic (exact) mass is 266 g/mol. The maximum atomic E-state index is 12.4. The summed E-state index contributed by atoms with van der Waals surface area (Å²) in [5.74, 6) is 0.574. The molecule has 6 heteroatoms.